The van der Waals surface area contributed by atoms with E-state index in [1.165, 1.54) is 6.92 Å². The minimum Gasteiger partial charge on any atom is -0.356 e. The van der Waals surface area contributed by atoms with Gasteiger partial charge in [0.15, 0.2) is 0 Å². The molecule has 0 atom stereocenters. The highest BCUT2D eigenvalue weighted by atomic mass is 35.5. The van der Waals surface area contributed by atoms with Crippen molar-refractivity contribution in [2.45, 2.75) is 26.2 Å². The first-order chi connectivity index (χ1) is 9.08. The molecule has 104 valence electrons. The van der Waals surface area contributed by atoms with E-state index in [0.29, 0.717) is 24.5 Å². The van der Waals surface area contributed by atoms with Crippen molar-refractivity contribution in [3.05, 3.63) is 34.9 Å². The molecule has 2 amide bonds. The van der Waals surface area contributed by atoms with Crippen LogP contribution in [0, 0.1) is 0 Å². The van der Waals surface area contributed by atoms with E-state index in [0.717, 1.165) is 18.4 Å². The summed E-state index contributed by atoms with van der Waals surface area (Å²) in [7, 11) is 0. The van der Waals surface area contributed by atoms with Crippen molar-refractivity contribution in [2.24, 2.45) is 0 Å². The Bertz CT molecular complexity index is 418. The van der Waals surface area contributed by atoms with Crippen LogP contribution in [0.25, 0.3) is 0 Å². The third kappa shape index (κ3) is 7.47. The highest BCUT2D eigenvalue weighted by Crippen LogP contribution is 2.09. The predicted molar refractivity (Wildman–Crippen MR) is 76.1 cm³/mol. The molecule has 1 aromatic rings. The Morgan fingerprint density at radius 2 is 1.63 bits per heavy atom. The van der Waals surface area contributed by atoms with E-state index in [-0.39, 0.29) is 11.8 Å². The van der Waals surface area contributed by atoms with Crippen LogP contribution in [-0.4, -0.2) is 24.9 Å². The maximum Gasteiger partial charge on any atom is 0.224 e. The Kier molecular flexibility index (Phi) is 6.97. The van der Waals surface area contributed by atoms with Crippen molar-refractivity contribution >= 4 is 23.4 Å². The van der Waals surface area contributed by atoms with Gasteiger partial charge in [0.05, 0.1) is 6.42 Å². The molecule has 0 saturated heterocycles. The molecule has 0 aliphatic rings. The number of unbranched alkanes of at least 4 members (excludes halogenated alkanes) is 1. The summed E-state index contributed by atoms with van der Waals surface area (Å²) in [6.45, 7) is 2.78. The Morgan fingerprint density at radius 1 is 1.05 bits per heavy atom. The van der Waals surface area contributed by atoms with Gasteiger partial charge in [-0.3, -0.25) is 9.59 Å². The molecule has 0 aromatic heterocycles. The number of benzene rings is 1. The van der Waals surface area contributed by atoms with Crippen molar-refractivity contribution in [1.29, 1.82) is 0 Å². The van der Waals surface area contributed by atoms with Gasteiger partial charge in [-0.05, 0) is 30.5 Å². The average Bonchev–Trinajstić information content (AvgIpc) is 2.36. The Morgan fingerprint density at radius 3 is 2.21 bits per heavy atom. The van der Waals surface area contributed by atoms with Crippen LogP contribution in [0.1, 0.15) is 25.3 Å². The van der Waals surface area contributed by atoms with E-state index in [2.05, 4.69) is 10.6 Å². The molecular formula is C14H19ClN2O2. The lowest BCUT2D eigenvalue weighted by atomic mass is 10.1. The second kappa shape index (κ2) is 8.53. The van der Waals surface area contributed by atoms with Gasteiger partial charge in [-0.1, -0.05) is 23.7 Å². The lowest BCUT2D eigenvalue weighted by Gasteiger charge is -2.06. The van der Waals surface area contributed by atoms with E-state index in [1.807, 2.05) is 12.1 Å². The van der Waals surface area contributed by atoms with Gasteiger partial charge in [-0.25, -0.2) is 0 Å². The van der Waals surface area contributed by atoms with Gasteiger partial charge in [0.2, 0.25) is 11.8 Å². The number of rotatable bonds is 7. The summed E-state index contributed by atoms with van der Waals surface area (Å²) in [6, 6.07) is 7.24. The van der Waals surface area contributed by atoms with Gasteiger partial charge in [-0.15, -0.1) is 0 Å². The van der Waals surface area contributed by atoms with E-state index >= 15 is 0 Å². The van der Waals surface area contributed by atoms with Gasteiger partial charge in [0, 0.05) is 25.0 Å². The molecule has 0 radical (unpaired) electrons. The third-order valence-corrected chi connectivity index (χ3v) is 2.83. The lowest BCUT2D eigenvalue weighted by Crippen LogP contribution is -2.27. The zero-order chi connectivity index (χ0) is 14.1. The quantitative estimate of drug-likeness (QED) is 0.751. The van der Waals surface area contributed by atoms with Crippen LogP contribution in [-0.2, 0) is 16.0 Å². The van der Waals surface area contributed by atoms with E-state index in [4.69, 9.17) is 11.6 Å². The molecule has 0 aliphatic heterocycles. The summed E-state index contributed by atoms with van der Waals surface area (Å²) in [6.07, 6.45) is 2.08. The second-order valence-electron chi connectivity index (χ2n) is 4.34. The summed E-state index contributed by atoms with van der Waals surface area (Å²) in [5.41, 5.74) is 0.945. The fraction of sp³-hybridized carbons (Fsp3) is 0.429. The summed E-state index contributed by atoms with van der Waals surface area (Å²) in [5, 5.41) is 6.23. The fourth-order valence-corrected chi connectivity index (χ4v) is 1.72. The first kappa shape index (κ1) is 15.5. The molecule has 19 heavy (non-hydrogen) atoms. The smallest absolute Gasteiger partial charge is 0.224 e. The monoisotopic (exact) mass is 282 g/mol. The normalized spacial score (nSPS) is 10.0. The zero-order valence-electron chi connectivity index (χ0n) is 11.0. The van der Waals surface area contributed by atoms with Gasteiger partial charge < -0.3 is 10.6 Å². The highest BCUT2D eigenvalue weighted by molar-refractivity contribution is 6.30. The maximum absolute atomic E-state index is 11.6. The minimum atomic E-state index is -0.0215. The SMILES string of the molecule is CC(=O)NCCCCNC(=O)Cc1ccc(Cl)cc1. The molecule has 1 aromatic carbocycles. The van der Waals surface area contributed by atoms with Crippen LogP contribution < -0.4 is 10.6 Å². The summed E-state index contributed by atoms with van der Waals surface area (Å²) < 4.78 is 0. The Hall–Kier alpha value is -1.55. The molecule has 5 heteroatoms. The van der Waals surface area contributed by atoms with Crippen molar-refractivity contribution < 1.29 is 9.59 Å². The van der Waals surface area contributed by atoms with Crippen molar-refractivity contribution in [1.82, 2.24) is 10.6 Å². The predicted octanol–water partition coefficient (Wildman–Crippen LogP) is 1.91. The summed E-state index contributed by atoms with van der Waals surface area (Å²) in [5.74, 6) is -0.0198. The van der Waals surface area contributed by atoms with E-state index < -0.39 is 0 Å². The molecule has 2 N–H and O–H groups in total. The van der Waals surface area contributed by atoms with Gasteiger partial charge in [-0.2, -0.15) is 0 Å². The second-order valence-corrected chi connectivity index (χ2v) is 4.78. The fourth-order valence-electron chi connectivity index (χ4n) is 1.59. The van der Waals surface area contributed by atoms with Crippen molar-refractivity contribution in [3.8, 4) is 0 Å². The summed E-state index contributed by atoms with van der Waals surface area (Å²) in [4.78, 5) is 22.2. The first-order valence-electron chi connectivity index (χ1n) is 6.33. The van der Waals surface area contributed by atoms with Crippen LogP contribution in [0.15, 0.2) is 24.3 Å². The molecule has 4 nitrogen and oxygen atoms in total. The summed E-state index contributed by atoms with van der Waals surface area (Å²) >= 11 is 5.77. The lowest BCUT2D eigenvalue weighted by molar-refractivity contribution is -0.121. The number of halogens is 1. The standard InChI is InChI=1S/C14H19ClN2O2/c1-11(18)16-8-2-3-9-17-14(19)10-12-4-6-13(15)7-5-12/h4-7H,2-3,8-10H2,1H3,(H,16,18)(H,17,19). The third-order valence-electron chi connectivity index (χ3n) is 2.58. The topological polar surface area (TPSA) is 58.2 Å². The first-order valence-corrected chi connectivity index (χ1v) is 6.71. The number of hydrogen-bond donors (Lipinski definition) is 2. The van der Waals surface area contributed by atoms with E-state index in [1.54, 1.807) is 12.1 Å². The molecule has 0 unspecified atom stereocenters. The van der Waals surface area contributed by atoms with Gasteiger partial charge >= 0.3 is 0 Å². The zero-order valence-corrected chi connectivity index (χ0v) is 11.8. The number of amides is 2. The number of carbonyl (C=O) groups excluding carboxylic acids is 2. The average molecular weight is 283 g/mol. The molecule has 1 rings (SSSR count). The molecule has 0 aliphatic carbocycles. The number of hydrogen-bond acceptors (Lipinski definition) is 2. The molecule has 0 fully saturated rings. The molecule has 0 heterocycles. The minimum absolute atomic E-state index is 0.00171. The van der Waals surface area contributed by atoms with Gasteiger partial charge in [0.25, 0.3) is 0 Å². The highest BCUT2D eigenvalue weighted by Gasteiger charge is 2.02. The van der Waals surface area contributed by atoms with Crippen molar-refractivity contribution in [3.63, 3.8) is 0 Å². The number of nitrogens with one attached hydrogen (secondary N) is 2. The van der Waals surface area contributed by atoms with Crippen LogP contribution in [0.2, 0.25) is 5.02 Å². The van der Waals surface area contributed by atoms with Crippen LogP contribution in [0.5, 0.6) is 0 Å². The molecule has 0 saturated carbocycles. The van der Waals surface area contributed by atoms with Crippen molar-refractivity contribution in [2.75, 3.05) is 13.1 Å². The Labute approximate surface area is 118 Å². The Balaban J connectivity index is 2.11. The molecular weight excluding hydrogens is 264 g/mol. The largest absolute Gasteiger partial charge is 0.356 e. The van der Waals surface area contributed by atoms with Crippen LogP contribution in [0.3, 0.4) is 0 Å². The van der Waals surface area contributed by atoms with E-state index in [9.17, 15) is 9.59 Å². The number of carbonyl (C=O) groups is 2. The van der Waals surface area contributed by atoms with Crippen LogP contribution >= 0.6 is 11.6 Å². The molecule has 0 bridgehead atoms. The van der Waals surface area contributed by atoms with Gasteiger partial charge in [0.1, 0.15) is 0 Å². The maximum atomic E-state index is 11.6. The molecule has 0 spiro atoms. The van der Waals surface area contributed by atoms with Crippen LogP contribution in [0.4, 0.5) is 0 Å².